The zero-order valence-electron chi connectivity index (χ0n) is 10.2. The minimum Gasteiger partial charge on any atom is -0.364 e. The van der Waals surface area contributed by atoms with Crippen molar-refractivity contribution < 1.29 is 4.79 Å². The molecular formula is C12H15N5O. The first kappa shape index (κ1) is 12.2. The van der Waals surface area contributed by atoms with E-state index in [4.69, 9.17) is 5.73 Å². The molecule has 0 saturated carbocycles. The third-order valence-electron chi connectivity index (χ3n) is 2.53. The zero-order valence-corrected chi connectivity index (χ0v) is 10.2. The molecule has 18 heavy (non-hydrogen) atoms. The van der Waals surface area contributed by atoms with E-state index in [0.717, 1.165) is 18.5 Å². The van der Waals surface area contributed by atoms with Crippen LogP contribution >= 0.6 is 0 Å². The van der Waals surface area contributed by atoms with Gasteiger partial charge in [0.15, 0.2) is 0 Å². The Balaban J connectivity index is 2.28. The largest absolute Gasteiger partial charge is 0.364 e. The molecule has 2 N–H and O–H groups in total. The molecule has 0 aliphatic carbocycles. The van der Waals surface area contributed by atoms with Crippen molar-refractivity contribution in [2.75, 3.05) is 0 Å². The summed E-state index contributed by atoms with van der Waals surface area (Å²) in [5.74, 6) is 0.147. The Hall–Kier alpha value is -2.24. The number of nitrogens with zero attached hydrogens (tertiary/aromatic N) is 4. The van der Waals surface area contributed by atoms with Crippen molar-refractivity contribution in [3.63, 3.8) is 0 Å². The van der Waals surface area contributed by atoms with Crippen LogP contribution in [-0.4, -0.2) is 25.7 Å². The van der Waals surface area contributed by atoms with Gasteiger partial charge < -0.3 is 5.73 Å². The topological polar surface area (TPSA) is 86.7 Å². The predicted molar refractivity (Wildman–Crippen MR) is 65.9 cm³/mol. The summed E-state index contributed by atoms with van der Waals surface area (Å²) in [5, 5.41) is 4.19. The average Bonchev–Trinajstić information content (AvgIpc) is 2.75. The van der Waals surface area contributed by atoms with Crippen LogP contribution < -0.4 is 5.73 Å². The van der Waals surface area contributed by atoms with E-state index < -0.39 is 5.91 Å². The number of hydrogen-bond acceptors (Lipinski definition) is 4. The summed E-state index contributed by atoms with van der Waals surface area (Å²) in [7, 11) is 0. The fourth-order valence-corrected chi connectivity index (χ4v) is 1.72. The van der Waals surface area contributed by atoms with E-state index >= 15 is 0 Å². The van der Waals surface area contributed by atoms with Crippen molar-refractivity contribution in [1.82, 2.24) is 19.7 Å². The Morgan fingerprint density at radius 2 is 2.11 bits per heavy atom. The molecule has 0 fully saturated rings. The summed E-state index contributed by atoms with van der Waals surface area (Å²) < 4.78 is 1.74. The first-order valence-corrected chi connectivity index (χ1v) is 5.83. The number of hydrogen-bond donors (Lipinski definition) is 1. The molecule has 0 aromatic carbocycles. The maximum absolute atomic E-state index is 11.1. The van der Waals surface area contributed by atoms with Crippen LogP contribution in [0.5, 0.6) is 0 Å². The quantitative estimate of drug-likeness (QED) is 0.843. The summed E-state index contributed by atoms with van der Waals surface area (Å²) in [6.45, 7) is 2.52. The van der Waals surface area contributed by atoms with Crippen molar-refractivity contribution in [1.29, 1.82) is 0 Å². The van der Waals surface area contributed by atoms with Gasteiger partial charge in [0.1, 0.15) is 18.1 Å². The maximum Gasteiger partial charge on any atom is 0.269 e. The molecule has 0 unspecified atom stereocenters. The molecule has 0 spiro atoms. The third kappa shape index (κ3) is 2.71. The molecule has 0 atom stereocenters. The Morgan fingerprint density at radius 1 is 1.39 bits per heavy atom. The van der Waals surface area contributed by atoms with Crippen LogP contribution in [0, 0.1) is 0 Å². The monoisotopic (exact) mass is 245 g/mol. The second-order valence-corrected chi connectivity index (χ2v) is 3.96. The molecule has 0 saturated heterocycles. The lowest BCUT2D eigenvalue weighted by molar-refractivity contribution is 0.0995. The molecular weight excluding hydrogens is 230 g/mol. The highest BCUT2D eigenvalue weighted by Crippen LogP contribution is 2.08. The van der Waals surface area contributed by atoms with Gasteiger partial charge in [0.2, 0.25) is 0 Å². The molecule has 2 aromatic heterocycles. The first-order chi connectivity index (χ1) is 8.70. The summed E-state index contributed by atoms with van der Waals surface area (Å²) >= 11 is 0. The molecule has 0 aliphatic rings. The summed E-state index contributed by atoms with van der Waals surface area (Å²) in [5.41, 5.74) is 6.50. The van der Waals surface area contributed by atoms with Crippen molar-refractivity contribution in [3.8, 4) is 0 Å². The van der Waals surface area contributed by atoms with Gasteiger partial charge in [-0.05, 0) is 18.6 Å². The van der Waals surface area contributed by atoms with E-state index in [1.807, 2.05) is 0 Å². The van der Waals surface area contributed by atoms with Crippen molar-refractivity contribution in [2.24, 2.45) is 5.73 Å². The molecule has 2 heterocycles. The van der Waals surface area contributed by atoms with Crippen molar-refractivity contribution in [3.05, 3.63) is 41.7 Å². The van der Waals surface area contributed by atoms with Crippen LogP contribution in [0.25, 0.3) is 0 Å². The van der Waals surface area contributed by atoms with Crippen LogP contribution in [0.15, 0.2) is 24.5 Å². The minimum absolute atomic E-state index is 0.286. The molecule has 1 amide bonds. The molecule has 6 nitrogen and oxygen atoms in total. The van der Waals surface area contributed by atoms with Crippen molar-refractivity contribution >= 4 is 5.91 Å². The fraction of sp³-hybridized carbons (Fsp3) is 0.333. The highest BCUT2D eigenvalue weighted by atomic mass is 16.1. The average molecular weight is 245 g/mol. The lowest BCUT2D eigenvalue weighted by Crippen LogP contribution is -2.13. The Labute approximate surface area is 105 Å². The van der Waals surface area contributed by atoms with E-state index in [-0.39, 0.29) is 5.69 Å². The number of primary amides is 1. The predicted octanol–water partition coefficient (Wildman–Crippen LogP) is 0.773. The van der Waals surface area contributed by atoms with Crippen LogP contribution in [0.2, 0.25) is 0 Å². The fourth-order valence-electron chi connectivity index (χ4n) is 1.72. The van der Waals surface area contributed by atoms with Crippen LogP contribution in [0.4, 0.5) is 0 Å². The van der Waals surface area contributed by atoms with Gasteiger partial charge in [0.05, 0.1) is 0 Å². The standard InChI is InChI=1S/C12H15N5O/c1-2-4-9-7-10(12(13)18)16-17(9)8-11-14-5-3-6-15-11/h3,5-7H,2,4,8H2,1H3,(H2,13,18). The normalized spacial score (nSPS) is 10.5. The summed E-state index contributed by atoms with van der Waals surface area (Å²) in [4.78, 5) is 19.4. The molecule has 0 bridgehead atoms. The number of carbonyl (C=O) groups is 1. The van der Waals surface area contributed by atoms with E-state index in [2.05, 4.69) is 22.0 Å². The number of amides is 1. The maximum atomic E-state index is 11.1. The number of aryl methyl sites for hydroxylation is 1. The van der Waals surface area contributed by atoms with E-state index in [0.29, 0.717) is 12.4 Å². The van der Waals surface area contributed by atoms with Crippen LogP contribution in [0.3, 0.4) is 0 Å². The lowest BCUT2D eigenvalue weighted by atomic mass is 10.2. The second kappa shape index (κ2) is 5.39. The number of carbonyl (C=O) groups excluding carboxylic acids is 1. The molecule has 0 radical (unpaired) electrons. The van der Waals surface area contributed by atoms with Gasteiger partial charge in [-0.1, -0.05) is 13.3 Å². The third-order valence-corrected chi connectivity index (χ3v) is 2.53. The smallest absolute Gasteiger partial charge is 0.269 e. The van der Waals surface area contributed by atoms with Gasteiger partial charge in [0.25, 0.3) is 5.91 Å². The van der Waals surface area contributed by atoms with E-state index in [1.165, 1.54) is 0 Å². The summed E-state index contributed by atoms with van der Waals surface area (Å²) in [6, 6.07) is 3.49. The van der Waals surface area contributed by atoms with Gasteiger partial charge in [-0.15, -0.1) is 0 Å². The Morgan fingerprint density at radius 3 is 2.72 bits per heavy atom. The van der Waals surface area contributed by atoms with Gasteiger partial charge in [0, 0.05) is 18.1 Å². The molecule has 0 aliphatic heterocycles. The van der Waals surface area contributed by atoms with E-state index in [9.17, 15) is 4.79 Å². The van der Waals surface area contributed by atoms with Crippen LogP contribution in [-0.2, 0) is 13.0 Å². The number of aromatic nitrogens is 4. The second-order valence-electron chi connectivity index (χ2n) is 3.96. The zero-order chi connectivity index (χ0) is 13.0. The Kier molecular flexibility index (Phi) is 3.66. The number of rotatable bonds is 5. The lowest BCUT2D eigenvalue weighted by Gasteiger charge is -2.04. The summed E-state index contributed by atoms with van der Waals surface area (Å²) in [6.07, 6.45) is 5.17. The van der Waals surface area contributed by atoms with E-state index in [1.54, 1.807) is 29.2 Å². The van der Waals surface area contributed by atoms with Gasteiger partial charge in [-0.3, -0.25) is 9.48 Å². The van der Waals surface area contributed by atoms with Crippen LogP contribution in [0.1, 0.15) is 35.4 Å². The first-order valence-electron chi connectivity index (χ1n) is 5.83. The highest BCUT2D eigenvalue weighted by Gasteiger charge is 2.12. The molecule has 6 heteroatoms. The molecule has 2 rings (SSSR count). The minimum atomic E-state index is -0.514. The Bertz CT molecular complexity index is 535. The van der Waals surface area contributed by atoms with Crippen molar-refractivity contribution in [2.45, 2.75) is 26.3 Å². The van der Waals surface area contributed by atoms with Gasteiger partial charge in [-0.25, -0.2) is 9.97 Å². The molecule has 2 aromatic rings. The SMILES string of the molecule is CCCc1cc(C(N)=O)nn1Cc1ncccn1. The number of nitrogens with two attached hydrogens (primary N) is 1. The molecule has 94 valence electrons. The van der Waals surface area contributed by atoms with Gasteiger partial charge in [-0.2, -0.15) is 5.10 Å². The van der Waals surface area contributed by atoms with Gasteiger partial charge >= 0.3 is 0 Å². The highest BCUT2D eigenvalue weighted by molar-refractivity contribution is 5.90.